The van der Waals surface area contributed by atoms with E-state index in [9.17, 15) is 4.79 Å². The minimum atomic E-state index is -0.167. The van der Waals surface area contributed by atoms with Crippen LogP contribution < -0.4 is 5.32 Å². The van der Waals surface area contributed by atoms with Gasteiger partial charge < -0.3 is 5.32 Å². The minimum absolute atomic E-state index is 0.0554. The van der Waals surface area contributed by atoms with Crippen molar-refractivity contribution in [1.29, 1.82) is 0 Å². The largest absolute Gasteiger partial charge is 0.345 e. The van der Waals surface area contributed by atoms with Crippen molar-refractivity contribution in [1.82, 2.24) is 5.32 Å². The average molecular weight is 392 g/mol. The maximum atomic E-state index is 12.8. The van der Waals surface area contributed by atoms with Crippen LogP contribution in [0.4, 0.5) is 0 Å². The number of rotatable bonds is 7. The summed E-state index contributed by atoms with van der Waals surface area (Å²) in [6.07, 6.45) is 1.20. The van der Waals surface area contributed by atoms with E-state index in [1.165, 1.54) is 16.7 Å². The van der Waals surface area contributed by atoms with Gasteiger partial charge >= 0.3 is 0 Å². The molecule has 0 bridgehead atoms. The first-order valence-corrected chi connectivity index (χ1v) is 10.3. The molecule has 4 aromatic rings. The van der Waals surface area contributed by atoms with Crippen LogP contribution in [0.3, 0.4) is 0 Å². The third-order valence-electron chi connectivity index (χ3n) is 5.27. The second-order valence-electron chi connectivity index (χ2n) is 7.38. The Balaban J connectivity index is 1.52. The summed E-state index contributed by atoms with van der Waals surface area (Å²) >= 11 is 0. The molecule has 1 amide bonds. The lowest BCUT2D eigenvalue weighted by atomic mass is 9.96. The Morgan fingerprint density at radius 2 is 1.10 bits per heavy atom. The standard InChI is InChI=1S/C28H25NO/c30-27(21-16-22-10-4-1-5-11-22)29-28(25-14-8-3-9-15-25)26-19-17-24(18-20-26)23-12-6-2-7-13-23/h1-15,17-20,28H,16,21H2,(H,29,30)/t28-/m0/s1. The summed E-state index contributed by atoms with van der Waals surface area (Å²) in [7, 11) is 0. The highest BCUT2D eigenvalue weighted by Crippen LogP contribution is 2.26. The molecule has 0 aliphatic rings. The molecule has 2 heteroatoms. The van der Waals surface area contributed by atoms with Gasteiger partial charge in [-0.25, -0.2) is 0 Å². The fraction of sp³-hybridized carbons (Fsp3) is 0.107. The lowest BCUT2D eigenvalue weighted by Gasteiger charge is -2.20. The molecule has 1 N–H and O–H groups in total. The molecule has 0 aromatic heterocycles. The van der Waals surface area contributed by atoms with Crippen molar-refractivity contribution in [3.63, 3.8) is 0 Å². The maximum Gasteiger partial charge on any atom is 0.221 e. The Kier molecular flexibility index (Phi) is 6.36. The molecule has 4 aromatic carbocycles. The topological polar surface area (TPSA) is 29.1 Å². The highest BCUT2D eigenvalue weighted by molar-refractivity contribution is 5.77. The van der Waals surface area contributed by atoms with Crippen molar-refractivity contribution in [3.8, 4) is 11.1 Å². The van der Waals surface area contributed by atoms with Gasteiger partial charge in [-0.15, -0.1) is 0 Å². The van der Waals surface area contributed by atoms with E-state index >= 15 is 0 Å². The third kappa shape index (κ3) is 5.03. The maximum absolute atomic E-state index is 12.8. The van der Waals surface area contributed by atoms with Gasteiger partial charge in [0.2, 0.25) is 5.91 Å². The van der Waals surface area contributed by atoms with Crippen molar-refractivity contribution in [2.75, 3.05) is 0 Å². The predicted octanol–water partition coefficient (Wildman–Crippen LogP) is 6.19. The van der Waals surface area contributed by atoms with Crippen LogP contribution in [0.2, 0.25) is 0 Å². The molecular formula is C28H25NO. The highest BCUT2D eigenvalue weighted by atomic mass is 16.1. The molecule has 0 radical (unpaired) electrons. The van der Waals surface area contributed by atoms with Gasteiger partial charge in [0, 0.05) is 6.42 Å². The first-order chi connectivity index (χ1) is 14.8. The van der Waals surface area contributed by atoms with Crippen LogP contribution in [0.1, 0.15) is 29.2 Å². The molecule has 0 saturated carbocycles. The Hall–Kier alpha value is -3.65. The van der Waals surface area contributed by atoms with Crippen molar-refractivity contribution in [2.45, 2.75) is 18.9 Å². The van der Waals surface area contributed by atoms with Crippen LogP contribution in [0.5, 0.6) is 0 Å². The van der Waals surface area contributed by atoms with Crippen molar-refractivity contribution >= 4 is 5.91 Å². The van der Waals surface area contributed by atoms with Gasteiger partial charge in [-0.1, -0.05) is 115 Å². The third-order valence-corrected chi connectivity index (χ3v) is 5.27. The quantitative estimate of drug-likeness (QED) is 0.400. The lowest BCUT2D eigenvalue weighted by molar-refractivity contribution is -0.121. The van der Waals surface area contributed by atoms with Gasteiger partial charge in [0.1, 0.15) is 0 Å². The van der Waals surface area contributed by atoms with Crippen molar-refractivity contribution < 1.29 is 4.79 Å². The Bertz CT molecular complexity index is 1060. The summed E-state index contributed by atoms with van der Waals surface area (Å²) in [5.74, 6) is 0.0554. The Morgan fingerprint density at radius 1 is 0.600 bits per heavy atom. The van der Waals surface area contributed by atoms with E-state index in [1.54, 1.807) is 0 Å². The van der Waals surface area contributed by atoms with Gasteiger partial charge in [-0.2, -0.15) is 0 Å². The highest BCUT2D eigenvalue weighted by Gasteiger charge is 2.17. The number of nitrogens with one attached hydrogen (secondary N) is 1. The second kappa shape index (κ2) is 9.71. The van der Waals surface area contributed by atoms with Gasteiger partial charge in [-0.3, -0.25) is 4.79 Å². The summed E-state index contributed by atoms with van der Waals surface area (Å²) in [6.45, 7) is 0. The van der Waals surface area contributed by atoms with Crippen LogP contribution in [0.25, 0.3) is 11.1 Å². The molecule has 0 heterocycles. The number of amides is 1. The van der Waals surface area contributed by atoms with E-state index in [0.717, 1.165) is 17.5 Å². The number of benzene rings is 4. The first-order valence-electron chi connectivity index (χ1n) is 10.3. The summed E-state index contributed by atoms with van der Waals surface area (Å²) < 4.78 is 0. The molecule has 0 aliphatic carbocycles. The number of carbonyl (C=O) groups excluding carboxylic acids is 1. The number of hydrogen-bond acceptors (Lipinski definition) is 1. The second-order valence-corrected chi connectivity index (χ2v) is 7.38. The predicted molar refractivity (Wildman–Crippen MR) is 123 cm³/mol. The van der Waals surface area contributed by atoms with E-state index < -0.39 is 0 Å². The summed E-state index contributed by atoms with van der Waals surface area (Å²) in [4.78, 5) is 12.8. The molecule has 0 saturated heterocycles. The van der Waals surface area contributed by atoms with E-state index in [-0.39, 0.29) is 11.9 Å². The van der Waals surface area contributed by atoms with E-state index in [1.807, 2.05) is 54.6 Å². The molecule has 1 atom stereocenters. The SMILES string of the molecule is O=C(CCc1ccccc1)N[C@@H](c1ccccc1)c1ccc(-c2ccccc2)cc1. The molecular weight excluding hydrogens is 366 g/mol. The zero-order valence-electron chi connectivity index (χ0n) is 16.9. The minimum Gasteiger partial charge on any atom is -0.345 e. The zero-order valence-corrected chi connectivity index (χ0v) is 16.9. The summed E-state index contributed by atoms with van der Waals surface area (Å²) in [5.41, 5.74) is 5.69. The molecule has 4 rings (SSSR count). The molecule has 0 fully saturated rings. The number of hydrogen-bond donors (Lipinski definition) is 1. The first kappa shape index (κ1) is 19.7. The molecule has 30 heavy (non-hydrogen) atoms. The summed E-state index contributed by atoms with van der Waals surface area (Å²) in [6, 6.07) is 38.9. The van der Waals surface area contributed by atoms with Crippen LogP contribution in [0.15, 0.2) is 115 Å². The molecule has 2 nitrogen and oxygen atoms in total. The van der Waals surface area contributed by atoms with Gasteiger partial charge in [0.15, 0.2) is 0 Å². The lowest BCUT2D eigenvalue weighted by Crippen LogP contribution is -2.29. The molecule has 148 valence electrons. The smallest absolute Gasteiger partial charge is 0.221 e. The molecule has 0 aliphatic heterocycles. The normalized spacial score (nSPS) is 11.6. The average Bonchev–Trinajstić information content (AvgIpc) is 2.83. The van der Waals surface area contributed by atoms with Crippen molar-refractivity contribution in [2.24, 2.45) is 0 Å². The van der Waals surface area contributed by atoms with Crippen LogP contribution in [0, 0.1) is 0 Å². The van der Waals surface area contributed by atoms with Gasteiger partial charge in [0.05, 0.1) is 6.04 Å². The van der Waals surface area contributed by atoms with Crippen LogP contribution in [-0.2, 0) is 11.2 Å². The monoisotopic (exact) mass is 391 g/mol. The summed E-state index contributed by atoms with van der Waals surface area (Å²) in [5, 5.41) is 3.24. The number of aryl methyl sites for hydroxylation is 1. The van der Waals surface area contributed by atoms with E-state index in [0.29, 0.717) is 6.42 Å². The van der Waals surface area contributed by atoms with E-state index in [2.05, 4.69) is 66.0 Å². The molecule has 0 unspecified atom stereocenters. The Labute approximate surface area is 178 Å². The zero-order chi connectivity index (χ0) is 20.6. The van der Waals surface area contributed by atoms with Gasteiger partial charge in [0.25, 0.3) is 0 Å². The Morgan fingerprint density at radius 3 is 1.73 bits per heavy atom. The molecule has 0 spiro atoms. The van der Waals surface area contributed by atoms with Gasteiger partial charge in [-0.05, 0) is 34.2 Å². The van der Waals surface area contributed by atoms with Crippen LogP contribution >= 0.6 is 0 Å². The van der Waals surface area contributed by atoms with E-state index in [4.69, 9.17) is 0 Å². The fourth-order valence-corrected chi connectivity index (χ4v) is 3.64. The van der Waals surface area contributed by atoms with Crippen molar-refractivity contribution in [3.05, 3.63) is 132 Å². The fourth-order valence-electron chi connectivity index (χ4n) is 3.64. The van der Waals surface area contributed by atoms with Crippen LogP contribution in [-0.4, -0.2) is 5.91 Å². The number of carbonyl (C=O) groups is 1.